The summed E-state index contributed by atoms with van der Waals surface area (Å²) in [6.45, 7) is 2.45. The fourth-order valence-corrected chi connectivity index (χ4v) is 1.69. The Bertz CT molecular complexity index is 581. The maximum Gasteiger partial charge on any atom is 0.264 e. The lowest BCUT2D eigenvalue weighted by molar-refractivity contribution is -0.118. The number of rotatable bonds is 6. The van der Waals surface area contributed by atoms with Gasteiger partial charge in [0.1, 0.15) is 5.75 Å². The summed E-state index contributed by atoms with van der Waals surface area (Å²) in [5.74, 6) is 0.682. The topological polar surface area (TPSA) is 76.4 Å². The van der Waals surface area contributed by atoms with E-state index in [1.165, 1.54) is 0 Å². The molecule has 1 heterocycles. The molecule has 20 heavy (non-hydrogen) atoms. The summed E-state index contributed by atoms with van der Waals surface area (Å²) in [7, 11) is 1.88. The van der Waals surface area contributed by atoms with Gasteiger partial charge in [0.15, 0.2) is 6.61 Å². The normalized spacial score (nSPS) is 10.3. The molecular formula is C14H17N3O3. The summed E-state index contributed by atoms with van der Waals surface area (Å²) < 4.78 is 10.3. The summed E-state index contributed by atoms with van der Waals surface area (Å²) in [6, 6.07) is 9.22. The third-order valence-electron chi connectivity index (χ3n) is 2.54. The van der Waals surface area contributed by atoms with Gasteiger partial charge in [-0.15, -0.1) is 0 Å². The molecule has 2 aromatic rings. The Hall–Kier alpha value is -2.34. The van der Waals surface area contributed by atoms with E-state index in [1.54, 1.807) is 13.0 Å². The summed E-state index contributed by atoms with van der Waals surface area (Å²) in [6.07, 6.45) is 0. The summed E-state index contributed by atoms with van der Waals surface area (Å²) in [4.78, 5) is 11.7. The molecule has 0 radical (unpaired) electrons. The van der Waals surface area contributed by atoms with E-state index in [0.717, 1.165) is 12.1 Å². The van der Waals surface area contributed by atoms with E-state index >= 15 is 0 Å². The standard InChI is InChI=1S/C14H17N3O3/c1-10-6-14(20-17-10)16-13(18)9-19-12-5-3-4-11(7-12)8-15-2/h3-7,15H,8-9H2,1-2H3,(H,16,18). The first-order valence-electron chi connectivity index (χ1n) is 6.27. The minimum atomic E-state index is -0.292. The van der Waals surface area contributed by atoms with Gasteiger partial charge in [0.25, 0.3) is 5.91 Å². The van der Waals surface area contributed by atoms with Crippen LogP contribution in [0.3, 0.4) is 0 Å². The van der Waals surface area contributed by atoms with Crippen molar-refractivity contribution in [1.82, 2.24) is 10.5 Å². The van der Waals surface area contributed by atoms with Crippen LogP contribution in [0.5, 0.6) is 5.75 Å². The number of nitrogens with one attached hydrogen (secondary N) is 2. The zero-order valence-corrected chi connectivity index (χ0v) is 11.5. The predicted molar refractivity (Wildman–Crippen MR) is 74.6 cm³/mol. The van der Waals surface area contributed by atoms with Gasteiger partial charge in [-0.3, -0.25) is 10.1 Å². The Morgan fingerprint density at radius 1 is 1.40 bits per heavy atom. The number of ether oxygens (including phenoxy) is 1. The van der Waals surface area contributed by atoms with Gasteiger partial charge in [-0.1, -0.05) is 17.3 Å². The third-order valence-corrected chi connectivity index (χ3v) is 2.54. The van der Waals surface area contributed by atoms with Gasteiger partial charge in [-0.25, -0.2) is 0 Å². The van der Waals surface area contributed by atoms with Gasteiger partial charge in [-0.05, 0) is 31.7 Å². The molecule has 0 aliphatic rings. The second-order valence-corrected chi connectivity index (χ2v) is 4.35. The summed E-state index contributed by atoms with van der Waals surface area (Å²) >= 11 is 0. The van der Waals surface area contributed by atoms with Gasteiger partial charge >= 0.3 is 0 Å². The van der Waals surface area contributed by atoms with Crippen LogP contribution in [0.2, 0.25) is 0 Å². The molecule has 0 fully saturated rings. The summed E-state index contributed by atoms with van der Waals surface area (Å²) in [5, 5.41) is 9.31. The van der Waals surface area contributed by atoms with Crippen molar-refractivity contribution in [2.24, 2.45) is 0 Å². The van der Waals surface area contributed by atoms with Crippen molar-refractivity contribution < 1.29 is 14.1 Å². The number of anilines is 1. The van der Waals surface area contributed by atoms with E-state index in [4.69, 9.17) is 9.26 Å². The van der Waals surface area contributed by atoms with E-state index in [-0.39, 0.29) is 12.5 Å². The van der Waals surface area contributed by atoms with Crippen LogP contribution in [0.15, 0.2) is 34.9 Å². The molecule has 0 spiro atoms. The Balaban J connectivity index is 1.85. The zero-order chi connectivity index (χ0) is 14.4. The molecule has 1 amide bonds. The van der Waals surface area contributed by atoms with Crippen LogP contribution < -0.4 is 15.4 Å². The van der Waals surface area contributed by atoms with Crippen molar-refractivity contribution in [2.45, 2.75) is 13.5 Å². The highest BCUT2D eigenvalue weighted by Gasteiger charge is 2.07. The van der Waals surface area contributed by atoms with Crippen LogP contribution in [-0.4, -0.2) is 24.7 Å². The molecule has 2 rings (SSSR count). The first kappa shape index (κ1) is 14.1. The van der Waals surface area contributed by atoms with Crippen molar-refractivity contribution in [1.29, 1.82) is 0 Å². The molecule has 6 nitrogen and oxygen atoms in total. The van der Waals surface area contributed by atoms with Crippen LogP contribution in [0.4, 0.5) is 5.88 Å². The monoisotopic (exact) mass is 275 g/mol. The maximum absolute atomic E-state index is 11.7. The highest BCUT2D eigenvalue weighted by Crippen LogP contribution is 2.13. The van der Waals surface area contributed by atoms with Crippen LogP contribution in [-0.2, 0) is 11.3 Å². The number of hydrogen-bond acceptors (Lipinski definition) is 5. The molecule has 2 N–H and O–H groups in total. The molecule has 1 aromatic carbocycles. The van der Waals surface area contributed by atoms with Crippen LogP contribution in [0.25, 0.3) is 0 Å². The number of carbonyl (C=O) groups excluding carboxylic acids is 1. The second-order valence-electron chi connectivity index (χ2n) is 4.35. The van der Waals surface area contributed by atoms with Crippen LogP contribution >= 0.6 is 0 Å². The fourth-order valence-electron chi connectivity index (χ4n) is 1.69. The van der Waals surface area contributed by atoms with E-state index in [1.807, 2.05) is 31.3 Å². The predicted octanol–water partition coefficient (Wildman–Crippen LogP) is 1.72. The van der Waals surface area contributed by atoms with Crippen LogP contribution in [0, 0.1) is 6.92 Å². The van der Waals surface area contributed by atoms with Crippen molar-refractivity contribution in [2.75, 3.05) is 19.0 Å². The first-order chi connectivity index (χ1) is 9.67. The molecule has 1 aromatic heterocycles. The first-order valence-corrected chi connectivity index (χ1v) is 6.27. The third kappa shape index (κ3) is 4.10. The van der Waals surface area contributed by atoms with E-state index in [2.05, 4.69) is 15.8 Å². The van der Waals surface area contributed by atoms with Gasteiger partial charge in [0.05, 0.1) is 5.69 Å². The summed E-state index contributed by atoms with van der Waals surface area (Å²) in [5.41, 5.74) is 1.80. The smallest absolute Gasteiger partial charge is 0.264 e. The number of hydrogen-bond donors (Lipinski definition) is 2. The SMILES string of the molecule is CNCc1cccc(OCC(=O)Nc2cc(C)no2)c1. The van der Waals surface area contributed by atoms with Crippen molar-refractivity contribution in [3.8, 4) is 5.75 Å². The molecule has 0 unspecified atom stereocenters. The molecular weight excluding hydrogens is 258 g/mol. The van der Waals surface area contributed by atoms with E-state index in [0.29, 0.717) is 17.3 Å². The fraction of sp³-hybridized carbons (Fsp3) is 0.286. The molecule has 106 valence electrons. The molecule has 0 atom stereocenters. The van der Waals surface area contributed by atoms with Crippen molar-refractivity contribution >= 4 is 11.8 Å². The molecule has 0 bridgehead atoms. The van der Waals surface area contributed by atoms with Crippen LogP contribution in [0.1, 0.15) is 11.3 Å². The van der Waals surface area contributed by atoms with Gasteiger partial charge in [-0.2, -0.15) is 0 Å². The Kier molecular flexibility index (Phi) is 4.73. The number of carbonyl (C=O) groups is 1. The largest absolute Gasteiger partial charge is 0.484 e. The molecule has 0 aliphatic carbocycles. The number of aromatic nitrogens is 1. The van der Waals surface area contributed by atoms with Gasteiger partial charge in [0, 0.05) is 12.6 Å². The minimum Gasteiger partial charge on any atom is -0.484 e. The highest BCUT2D eigenvalue weighted by molar-refractivity contribution is 5.90. The lowest BCUT2D eigenvalue weighted by Gasteiger charge is -2.07. The quantitative estimate of drug-likeness (QED) is 0.839. The Morgan fingerprint density at radius 3 is 2.95 bits per heavy atom. The van der Waals surface area contributed by atoms with Gasteiger partial charge in [0.2, 0.25) is 5.88 Å². The lowest BCUT2D eigenvalue weighted by Crippen LogP contribution is -2.19. The highest BCUT2D eigenvalue weighted by atomic mass is 16.5. The number of amides is 1. The Labute approximate surface area is 117 Å². The molecule has 0 saturated heterocycles. The van der Waals surface area contributed by atoms with Gasteiger partial charge < -0.3 is 14.6 Å². The van der Waals surface area contributed by atoms with Crippen molar-refractivity contribution in [3.63, 3.8) is 0 Å². The number of benzene rings is 1. The van der Waals surface area contributed by atoms with E-state index < -0.39 is 0 Å². The second kappa shape index (κ2) is 6.72. The zero-order valence-electron chi connectivity index (χ0n) is 11.5. The van der Waals surface area contributed by atoms with E-state index in [9.17, 15) is 4.79 Å². The van der Waals surface area contributed by atoms with Crippen molar-refractivity contribution in [3.05, 3.63) is 41.6 Å². The molecule has 0 saturated carbocycles. The molecule has 0 aliphatic heterocycles. The lowest BCUT2D eigenvalue weighted by atomic mass is 10.2. The molecule has 6 heteroatoms. The maximum atomic E-state index is 11.7. The Morgan fingerprint density at radius 2 is 2.25 bits per heavy atom. The number of nitrogens with zero attached hydrogens (tertiary/aromatic N) is 1. The average Bonchev–Trinajstić information content (AvgIpc) is 2.83. The average molecular weight is 275 g/mol. The minimum absolute atomic E-state index is 0.0806. The number of aryl methyl sites for hydroxylation is 1.